The van der Waals surface area contributed by atoms with E-state index in [0.29, 0.717) is 0 Å². The molecule has 2 aromatic carbocycles. The van der Waals surface area contributed by atoms with Crippen LogP contribution in [0.5, 0.6) is 0 Å². The van der Waals surface area contributed by atoms with E-state index in [1.165, 1.54) is 23.4 Å². The average Bonchev–Trinajstić information content (AvgIpc) is 2.44. The van der Waals surface area contributed by atoms with E-state index in [2.05, 4.69) is 5.32 Å². The van der Waals surface area contributed by atoms with Gasteiger partial charge in [0, 0.05) is 4.90 Å². The Morgan fingerprint density at radius 3 is 2.45 bits per heavy atom. The molecule has 0 radical (unpaired) electrons. The summed E-state index contributed by atoms with van der Waals surface area (Å²) in [6, 6.07) is 14.1. The Morgan fingerprint density at radius 2 is 1.80 bits per heavy atom. The van der Waals surface area contributed by atoms with Gasteiger partial charge in [0.1, 0.15) is 5.82 Å². The fourth-order valence-corrected chi connectivity index (χ4v) is 2.54. The van der Waals surface area contributed by atoms with Crippen LogP contribution in [0.4, 0.5) is 10.1 Å². The molecule has 2 nitrogen and oxygen atoms in total. The Morgan fingerprint density at radius 1 is 1.15 bits per heavy atom. The second kappa shape index (κ2) is 6.57. The van der Waals surface area contributed by atoms with Crippen molar-refractivity contribution in [2.45, 2.75) is 24.0 Å². The van der Waals surface area contributed by atoms with Crippen LogP contribution in [0.25, 0.3) is 0 Å². The number of hydrogen-bond acceptors (Lipinski definition) is 2. The van der Waals surface area contributed by atoms with E-state index < -0.39 is 5.82 Å². The summed E-state index contributed by atoms with van der Waals surface area (Å²) in [4.78, 5) is 13.1. The maximum Gasteiger partial charge on any atom is 0.237 e. The minimum atomic E-state index is -0.423. The van der Waals surface area contributed by atoms with Gasteiger partial charge in [-0.1, -0.05) is 29.8 Å². The number of carbonyl (C=O) groups is 1. The summed E-state index contributed by atoms with van der Waals surface area (Å²) >= 11 is 1.45. The summed E-state index contributed by atoms with van der Waals surface area (Å²) in [5.74, 6) is -0.630. The van der Waals surface area contributed by atoms with Crippen molar-refractivity contribution in [3.8, 4) is 0 Å². The summed E-state index contributed by atoms with van der Waals surface area (Å²) in [5.41, 5.74) is 1.40. The van der Waals surface area contributed by atoms with Crippen molar-refractivity contribution in [1.29, 1.82) is 0 Å². The molecule has 0 spiro atoms. The first-order chi connectivity index (χ1) is 9.56. The van der Waals surface area contributed by atoms with Crippen molar-refractivity contribution in [3.05, 3.63) is 59.9 Å². The topological polar surface area (TPSA) is 29.1 Å². The molecule has 0 saturated heterocycles. The van der Waals surface area contributed by atoms with E-state index in [9.17, 15) is 9.18 Å². The summed E-state index contributed by atoms with van der Waals surface area (Å²) in [6.45, 7) is 3.82. The standard InChI is InChI=1S/C16H16FNOS/c1-11-7-9-13(10-8-11)20-12(2)16(19)18-15-6-4-3-5-14(15)17/h3-10,12H,1-2H3,(H,18,19). The molecule has 0 aliphatic rings. The molecule has 0 aromatic heterocycles. The monoisotopic (exact) mass is 289 g/mol. The lowest BCUT2D eigenvalue weighted by atomic mass is 10.2. The van der Waals surface area contributed by atoms with Crippen molar-refractivity contribution >= 4 is 23.4 Å². The van der Waals surface area contributed by atoms with E-state index in [-0.39, 0.29) is 16.8 Å². The largest absolute Gasteiger partial charge is 0.323 e. The van der Waals surface area contributed by atoms with Crippen LogP contribution in [-0.2, 0) is 4.79 Å². The number of carbonyl (C=O) groups excluding carboxylic acids is 1. The molecule has 2 rings (SSSR count). The highest BCUT2D eigenvalue weighted by atomic mass is 32.2. The van der Waals surface area contributed by atoms with Crippen LogP contribution >= 0.6 is 11.8 Å². The lowest BCUT2D eigenvalue weighted by Crippen LogP contribution is -2.22. The van der Waals surface area contributed by atoms with Crippen LogP contribution in [0.3, 0.4) is 0 Å². The number of rotatable bonds is 4. The molecule has 1 unspecified atom stereocenters. The molecule has 4 heteroatoms. The Labute approximate surface area is 122 Å². The molecule has 0 fully saturated rings. The van der Waals surface area contributed by atoms with E-state index in [1.807, 2.05) is 31.2 Å². The van der Waals surface area contributed by atoms with Gasteiger partial charge in [-0.15, -0.1) is 11.8 Å². The minimum Gasteiger partial charge on any atom is -0.323 e. The van der Waals surface area contributed by atoms with Gasteiger partial charge in [-0.25, -0.2) is 4.39 Å². The molecule has 1 amide bonds. The predicted octanol–water partition coefficient (Wildman–Crippen LogP) is 4.25. The Hall–Kier alpha value is -1.81. The molecular formula is C16H16FNOS. The Bertz CT molecular complexity index is 598. The molecule has 0 heterocycles. The second-order valence-electron chi connectivity index (χ2n) is 4.54. The number of nitrogens with one attached hydrogen (secondary N) is 1. The number of amides is 1. The van der Waals surface area contributed by atoms with Gasteiger partial charge >= 0.3 is 0 Å². The van der Waals surface area contributed by atoms with Gasteiger partial charge in [0.15, 0.2) is 0 Å². The average molecular weight is 289 g/mol. The first-order valence-electron chi connectivity index (χ1n) is 6.35. The number of benzene rings is 2. The van der Waals surface area contributed by atoms with Crippen LogP contribution in [-0.4, -0.2) is 11.2 Å². The quantitative estimate of drug-likeness (QED) is 0.852. The first kappa shape index (κ1) is 14.6. The minimum absolute atomic E-state index is 0.208. The Kier molecular flexibility index (Phi) is 4.79. The van der Waals surface area contributed by atoms with Crippen LogP contribution < -0.4 is 5.32 Å². The molecule has 1 atom stereocenters. The van der Waals surface area contributed by atoms with E-state index in [0.717, 1.165) is 4.90 Å². The van der Waals surface area contributed by atoms with Crippen LogP contribution in [0, 0.1) is 12.7 Å². The summed E-state index contributed by atoms with van der Waals surface area (Å²) < 4.78 is 13.5. The van der Waals surface area contributed by atoms with Crippen molar-refractivity contribution < 1.29 is 9.18 Å². The normalized spacial score (nSPS) is 11.9. The van der Waals surface area contributed by atoms with Gasteiger partial charge in [-0.3, -0.25) is 4.79 Å². The second-order valence-corrected chi connectivity index (χ2v) is 5.96. The van der Waals surface area contributed by atoms with Crippen molar-refractivity contribution in [1.82, 2.24) is 0 Å². The van der Waals surface area contributed by atoms with Gasteiger partial charge in [0.2, 0.25) is 5.91 Å². The molecule has 0 bridgehead atoms. The van der Waals surface area contributed by atoms with E-state index in [4.69, 9.17) is 0 Å². The van der Waals surface area contributed by atoms with E-state index in [1.54, 1.807) is 25.1 Å². The SMILES string of the molecule is Cc1ccc(SC(C)C(=O)Nc2ccccc2F)cc1. The third-order valence-corrected chi connectivity index (χ3v) is 3.95. The maximum atomic E-state index is 13.5. The van der Waals surface area contributed by atoms with Crippen molar-refractivity contribution in [2.24, 2.45) is 0 Å². The number of para-hydroxylation sites is 1. The molecule has 0 saturated carbocycles. The van der Waals surface area contributed by atoms with Crippen molar-refractivity contribution in [2.75, 3.05) is 5.32 Å². The number of anilines is 1. The van der Waals surface area contributed by atoms with Gasteiger partial charge < -0.3 is 5.32 Å². The number of hydrogen-bond donors (Lipinski definition) is 1. The van der Waals surface area contributed by atoms with Gasteiger partial charge in [-0.2, -0.15) is 0 Å². The number of aryl methyl sites for hydroxylation is 1. The third kappa shape index (κ3) is 3.84. The molecule has 20 heavy (non-hydrogen) atoms. The first-order valence-corrected chi connectivity index (χ1v) is 7.23. The summed E-state index contributed by atoms with van der Waals surface area (Å²) in [7, 11) is 0. The fourth-order valence-electron chi connectivity index (χ4n) is 1.67. The van der Waals surface area contributed by atoms with Crippen LogP contribution in [0.2, 0.25) is 0 Å². The van der Waals surface area contributed by atoms with Gasteiger partial charge in [0.05, 0.1) is 10.9 Å². The molecule has 104 valence electrons. The van der Waals surface area contributed by atoms with Gasteiger partial charge in [0.25, 0.3) is 0 Å². The smallest absolute Gasteiger partial charge is 0.237 e. The molecule has 2 aromatic rings. The highest BCUT2D eigenvalue weighted by molar-refractivity contribution is 8.00. The fraction of sp³-hybridized carbons (Fsp3) is 0.188. The predicted molar refractivity (Wildman–Crippen MR) is 81.5 cm³/mol. The zero-order valence-corrected chi connectivity index (χ0v) is 12.2. The number of thioether (sulfide) groups is 1. The molecular weight excluding hydrogens is 273 g/mol. The summed E-state index contributed by atoms with van der Waals surface area (Å²) in [6.07, 6.45) is 0. The summed E-state index contributed by atoms with van der Waals surface area (Å²) in [5, 5.41) is 2.31. The highest BCUT2D eigenvalue weighted by Gasteiger charge is 2.15. The maximum absolute atomic E-state index is 13.5. The van der Waals surface area contributed by atoms with Gasteiger partial charge in [-0.05, 0) is 38.1 Å². The zero-order valence-electron chi connectivity index (χ0n) is 11.4. The molecule has 1 N–H and O–H groups in total. The molecule has 0 aliphatic heterocycles. The molecule has 0 aliphatic carbocycles. The van der Waals surface area contributed by atoms with Crippen LogP contribution in [0.15, 0.2) is 53.4 Å². The van der Waals surface area contributed by atoms with Crippen molar-refractivity contribution in [3.63, 3.8) is 0 Å². The van der Waals surface area contributed by atoms with E-state index >= 15 is 0 Å². The third-order valence-electron chi connectivity index (χ3n) is 2.83. The highest BCUT2D eigenvalue weighted by Crippen LogP contribution is 2.24. The lowest BCUT2D eigenvalue weighted by molar-refractivity contribution is -0.115. The zero-order chi connectivity index (χ0) is 14.5. The van der Waals surface area contributed by atoms with Crippen LogP contribution in [0.1, 0.15) is 12.5 Å². The number of halogens is 1. The Balaban J connectivity index is 1.99. The lowest BCUT2D eigenvalue weighted by Gasteiger charge is -2.12.